The molecule has 0 atom stereocenters. The SMILES string of the molecule is CCOc1cc(OCC)c(-c2csc(CC(=O)O)n2)cc1Br. The molecule has 22 heavy (non-hydrogen) atoms. The predicted molar refractivity (Wildman–Crippen MR) is 88.9 cm³/mol. The van der Waals surface area contributed by atoms with Crippen molar-refractivity contribution in [3.63, 3.8) is 0 Å². The van der Waals surface area contributed by atoms with Crippen LogP contribution in [0.4, 0.5) is 0 Å². The van der Waals surface area contributed by atoms with E-state index in [2.05, 4.69) is 20.9 Å². The maximum atomic E-state index is 10.8. The molecular weight excluding hydrogens is 370 g/mol. The third kappa shape index (κ3) is 3.98. The van der Waals surface area contributed by atoms with Crippen molar-refractivity contribution in [3.8, 4) is 22.8 Å². The third-order valence-electron chi connectivity index (χ3n) is 2.76. The lowest BCUT2D eigenvalue weighted by Gasteiger charge is -2.13. The van der Waals surface area contributed by atoms with E-state index in [1.807, 2.05) is 31.4 Å². The smallest absolute Gasteiger partial charge is 0.310 e. The van der Waals surface area contributed by atoms with Crippen LogP contribution < -0.4 is 9.47 Å². The number of carbonyl (C=O) groups is 1. The van der Waals surface area contributed by atoms with Crippen LogP contribution in [0.25, 0.3) is 11.3 Å². The Balaban J connectivity index is 2.42. The molecule has 0 saturated heterocycles. The van der Waals surface area contributed by atoms with Gasteiger partial charge in [0.2, 0.25) is 0 Å². The first-order valence-corrected chi connectivity index (χ1v) is 8.48. The van der Waals surface area contributed by atoms with E-state index >= 15 is 0 Å². The molecule has 0 amide bonds. The number of carboxylic acids is 1. The van der Waals surface area contributed by atoms with Crippen LogP contribution in [0.3, 0.4) is 0 Å². The van der Waals surface area contributed by atoms with Gasteiger partial charge in [0, 0.05) is 17.0 Å². The van der Waals surface area contributed by atoms with Crippen molar-refractivity contribution in [2.45, 2.75) is 20.3 Å². The van der Waals surface area contributed by atoms with Gasteiger partial charge in [0.1, 0.15) is 16.5 Å². The van der Waals surface area contributed by atoms with Gasteiger partial charge >= 0.3 is 5.97 Å². The molecule has 1 heterocycles. The molecule has 0 unspecified atom stereocenters. The van der Waals surface area contributed by atoms with Gasteiger partial charge in [-0.3, -0.25) is 4.79 Å². The Morgan fingerprint density at radius 1 is 1.27 bits per heavy atom. The molecule has 0 radical (unpaired) electrons. The number of aromatic nitrogens is 1. The summed E-state index contributed by atoms with van der Waals surface area (Å²) in [6.07, 6.45) is -0.0766. The minimum atomic E-state index is -0.890. The second kappa shape index (κ2) is 7.60. The van der Waals surface area contributed by atoms with Gasteiger partial charge in [0.05, 0.1) is 29.8 Å². The fraction of sp³-hybridized carbons (Fsp3) is 0.333. The van der Waals surface area contributed by atoms with E-state index in [-0.39, 0.29) is 6.42 Å². The highest BCUT2D eigenvalue weighted by Crippen LogP contribution is 2.39. The quantitative estimate of drug-likeness (QED) is 0.779. The second-order valence-electron chi connectivity index (χ2n) is 4.34. The van der Waals surface area contributed by atoms with Gasteiger partial charge < -0.3 is 14.6 Å². The molecule has 0 spiro atoms. The largest absolute Gasteiger partial charge is 0.493 e. The van der Waals surface area contributed by atoms with Gasteiger partial charge in [-0.2, -0.15) is 0 Å². The molecule has 118 valence electrons. The number of carboxylic acid groups (broad SMARTS) is 1. The number of nitrogens with zero attached hydrogens (tertiary/aromatic N) is 1. The number of rotatable bonds is 7. The van der Waals surface area contributed by atoms with Crippen molar-refractivity contribution in [1.29, 1.82) is 0 Å². The van der Waals surface area contributed by atoms with Crippen molar-refractivity contribution < 1.29 is 19.4 Å². The van der Waals surface area contributed by atoms with Gasteiger partial charge in [-0.05, 0) is 35.8 Å². The van der Waals surface area contributed by atoms with Crippen molar-refractivity contribution in [2.75, 3.05) is 13.2 Å². The number of thiazole rings is 1. The summed E-state index contributed by atoms with van der Waals surface area (Å²) in [5.41, 5.74) is 1.51. The first-order chi connectivity index (χ1) is 10.5. The van der Waals surface area contributed by atoms with Gasteiger partial charge in [0.25, 0.3) is 0 Å². The van der Waals surface area contributed by atoms with Crippen LogP contribution in [0.5, 0.6) is 11.5 Å². The van der Waals surface area contributed by atoms with E-state index in [1.54, 1.807) is 0 Å². The molecule has 2 aromatic rings. The summed E-state index contributed by atoms with van der Waals surface area (Å²) in [5.74, 6) is 0.482. The molecular formula is C15H16BrNO4S. The minimum absolute atomic E-state index is 0.0766. The summed E-state index contributed by atoms with van der Waals surface area (Å²) >= 11 is 4.80. The molecule has 1 N–H and O–H groups in total. The maximum absolute atomic E-state index is 10.8. The highest BCUT2D eigenvalue weighted by molar-refractivity contribution is 9.10. The molecule has 0 aliphatic heterocycles. The zero-order valence-corrected chi connectivity index (χ0v) is 14.7. The number of benzene rings is 1. The van der Waals surface area contributed by atoms with E-state index < -0.39 is 5.97 Å². The van der Waals surface area contributed by atoms with Crippen molar-refractivity contribution in [3.05, 3.63) is 27.0 Å². The summed E-state index contributed by atoms with van der Waals surface area (Å²) in [5, 5.41) is 11.2. The molecule has 7 heteroatoms. The Morgan fingerprint density at radius 2 is 1.95 bits per heavy atom. The van der Waals surface area contributed by atoms with E-state index in [9.17, 15) is 4.79 Å². The Bertz CT molecular complexity index is 672. The Morgan fingerprint density at radius 3 is 2.59 bits per heavy atom. The van der Waals surface area contributed by atoms with Gasteiger partial charge in [-0.25, -0.2) is 4.98 Å². The van der Waals surface area contributed by atoms with Crippen LogP contribution in [-0.4, -0.2) is 29.3 Å². The highest BCUT2D eigenvalue weighted by atomic mass is 79.9. The number of hydrogen-bond donors (Lipinski definition) is 1. The third-order valence-corrected chi connectivity index (χ3v) is 4.23. The first kappa shape index (κ1) is 16.8. The molecule has 0 aliphatic carbocycles. The topological polar surface area (TPSA) is 68.7 Å². The maximum Gasteiger partial charge on any atom is 0.310 e. The second-order valence-corrected chi connectivity index (χ2v) is 6.14. The normalized spacial score (nSPS) is 10.5. The Hall–Kier alpha value is -1.60. The van der Waals surface area contributed by atoms with E-state index in [1.165, 1.54) is 11.3 Å². The van der Waals surface area contributed by atoms with Gasteiger partial charge in [0.15, 0.2) is 0 Å². The predicted octanol–water partition coefficient (Wildman–Crippen LogP) is 4.00. The number of halogens is 1. The standard InChI is InChI=1S/C15H16BrNO4S/c1-3-20-12-6-13(21-4-2)10(16)5-9(12)11-8-22-14(17-11)7-15(18)19/h5-6,8H,3-4,7H2,1-2H3,(H,18,19). The minimum Gasteiger partial charge on any atom is -0.493 e. The van der Waals surface area contributed by atoms with Crippen LogP contribution in [0.2, 0.25) is 0 Å². The summed E-state index contributed by atoms with van der Waals surface area (Å²) in [4.78, 5) is 15.1. The van der Waals surface area contributed by atoms with E-state index in [0.29, 0.717) is 35.4 Å². The molecule has 5 nitrogen and oxygen atoms in total. The van der Waals surface area contributed by atoms with E-state index in [0.717, 1.165) is 10.0 Å². The van der Waals surface area contributed by atoms with E-state index in [4.69, 9.17) is 14.6 Å². The van der Waals surface area contributed by atoms with Crippen LogP contribution in [0, 0.1) is 0 Å². The molecule has 0 fully saturated rings. The van der Waals surface area contributed by atoms with Gasteiger partial charge in [-0.1, -0.05) is 0 Å². The molecule has 0 saturated carbocycles. The molecule has 0 bridgehead atoms. The lowest BCUT2D eigenvalue weighted by atomic mass is 10.1. The lowest BCUT2D eigenvalue weighted by molar-refractivity contribution is -0.136. The Kier molecular flexibility index (Phi) is 5.79. The summed E-state index contributed by atoms with van der Waals surface area (Å²) < 4.78 is 12.0. The zero-order valence-electron chi connectivity index (χ0n) is 12.3. The number of aliphatic carboxylic acids is 1. The monoisotopic (exact) mass is 385 g/mol. The lowest BCUT2D eigenvalue weighted by Crippen LogP contribution is -2.00. The molecule has 2 rings (SSSR count). The van der Waals surface area contributed by atoms with Gasteiger partial charge in [-0.15, -0.1) is 11.3 Å². The van der Waals surface area contributed by atoms with Crippen molar-refractivity contribution >= 4 is 33.2 Å². The average molecular weight is 386 g/mol. The first-order valence-electron chi connectivity index (χ1n) is 6.80. The summed E-state index contributed by atoms with van der Waals surface area (Å²) in [6.45, 7) is 4.90. The zero-order chi connectivity index (χ0) is 16.1. The summed E-state index contributed by atoms with van der Waals surface area (Å²) in [7, 11) is 0. The highest BCUT2D eigenvalue weighted by Gasteiger charge is 2.15. The number of hydrogen-bond acceptors (Lipinski definition) is 5. The molecule has 1 aromatic carbocycles. The average Bonchev–Trinajstić information content (AvgIpc) is 2.90. The fourth-order valence-electron chi connectivity index (χ4n) is 1.92. The van der Waals surface area contributed by atoms with Crippen LogP contribution in [0.1, 0.15) is 18.9 Å². The summed E-state index contributed by atoms with van der Waals surface area (Å²) in [6, 6.07) is 3.71. The van der Waals surface area contributed by atoms with Crippen molar-refractivity contribution in [2.24, 2.45) is 0 Å². The number of ether oxygens (including phenoxy) is 2. The van der Waals surface area contributed by atoms with Crippen LogP contribution in [0.15, 0.2) is 22.0 Å². The molecule has 0 aliphatic rings. The van der Waals surface area contributed by atoms with Crippen molar-refractivity contribution in [1.82, 2.24) is 4.98 Å². The fourth-order valence-corrected chi connectivity index (χ4v) is 3.16. The Labute approximate surface area is 141 Å². The molecule has 1 aromatic heterocycles. The van der Waals surface area contributed by atoms with Crippen LogP contribution in [-0.2, 0) is 11.2 Å². The van der Waals surface area contributed by atoms with Crippen LogP contribution >= 0.6 is 27.3 Å².